The van der Waals surface area contributed by atoms with Crippen LogP contribution in [0.2, 0.25) is 0 Å². The maximum absolute atomic E-state index is 11.9. The van der Waals surface area contributed by atoms with Gasteiger partial charge in [-0.15, -0.1) is 0 Å². The number of hydrogen-bond donors (Lipinski definition) is 2. The summed E-state index contributed by atoms with van der Waals surface area (Å²) in [5, 5.41) is 2.87. The molecule has 0 aliphatic heterocycles. The molecule has 1 atom stereocenters. The van der Waals surface area contributed by atoms with Gasteiger partial charge in [-0.1, -0.05) is 13.8 Å². The highest BCUT2D eigenvalue weighted by Crippen LogP contribution is 2.15. The van der Waals surface area contributed by atoms with Gasteiger partial charge in [0, 0.05) is 13.1 Å². The first kappa shape index (κ1) is 15.7. The van der Waals surface area contributed by atoms with Gasteiger partial charge < -0.3 is 20.4 Å². The van der Waals surface area contributed by atoms with E-state index >= 15 is 0 Å². The van der Waals surface area contributed by atoms with Crippen molar-refractivity contribution in [3.63, 3.8) is 0 Å². The third kappa shape index (κ3) is 5.00. The van der Waals surface area contributed by atoms with E-state index in [1.807, 2.05) is 14.1 Å². The van der Waals surface area contributed by atoms with Crippen LogP contribution in [0.25, 0.3) is 0 Å². The predicted octanol–water partition coefficient (Wildman–Crippen LogP) is 1.01. The third-order valence-corrected chi connectivity index (χ3v) is 2.62. The van der Waals surface area contributed by atoms with Gasteiger partial charge in [-0.05, 0) is 26.4 Å². The number of amides is 1. The van der Waals surface area contributed by atoms with E-state index in [2.05, 4.69) is 29.0 Å². The standard InChI is InChI=1S/C13H24N4O2/c1-9(14)12-16-10(6-19-12)11(18)15-7-13(2,3)8-17(4)5/h6,9H,7-8,14H2,1-5H3,(H,15,18). The summed E-state index contributed by atoms with van der Waals surface area (Å²) >= 11 is 0. The fourth-order valence-corrected chi connectivity index (χ4v) is 1.92. The van der Waals surface area contributed by atoms with Crippen LogP contribution in [0.5, 0.6) is 0 Å². The summed E-state index contributed by atoms with van der Waals surface area (Å²) in [5.41, 5.74) is 5.90. The second-order valence-corrected chi connectivity index (χ2v) is 5.94. The van der Waals surface area contributed by atoms with Crippen LogP contribution in [0.1, 0.15) is 43.2 Å². The van der Waals surface area contributed by atoms with E-state index in [-0.39, 0.29) is 23.1 Å². The molecule has 1 unspecified atom stereocenters. The summed E-state index contributed by atoms with van der Waals surface area (Å²) in [4.78, 5) is 18.1. The number of carbonyl (C=O) groups excluding carboxylic acids is 1. The van der Waals surface area contributed by atoms with Crippen molar-refractivity contribution in [2.75, 3.05) is 27.2 Å². The van der Waals surface area contributed by atoms with Crippen molar-refractivity contribution in [3.05, 3.63) is 17.8 Å². The minimum absolute atomic E-state index is 0.00706. The summed E-state index contributed by atoms with van der Waals surface area (Å²) < 4.78 is 5.14. The van der Waals surface area contributed by atoms with E-state index in [0.29, 0.717) is 12.4 Å². The monoisotopic (exact) mass is 268 g/mol. The Kier molecular flexibility index (Phi) is 5.08. The Morgan fingerprint density at radius 1 is 1.58 bits per heavy atom. The second-order valence-electron chi connectivity index (χ2n) is 5.94. The van der Waals surface area contributed by atoms with E-state index < -0.39 is 0 Å². The summed E-state index contributed by atoms with van der Waals surface area (Å²) in [6, 6.07) is -0.313. The number of aromatic nitrogens is 1. The van der Waals surface area contributed by atoms with E-state index in [1.54, 1.807) is 6.92 Å². The predicted molar refractivity (Wildman–Crippen MR) is 73.8 cm³/mol. The number of nitrogens with one attached hydrogen (secondary N) is 1. The van der Waals surface area contributed by atoms with E-state index in [4.69, 9.17) is 10.2 Å². The molecule has 0 saturated heterocycles. The maximum Gasteiger partial charge on any atom is 0.273 e. The summed E-state index contributed by atoms with van der Waals surface area (Å²) in [6.07, 6.45) is 1.34. The molecule has 6 nitrogen and oxygen atoms in total. The molecule has 0 fully saturated rings. The number of oxazole rings is 1. The van der Waals surface area contributed by atoms with Crippen molar-refractivity contribution in [2.45, 2.75) is 26.8 Å². The Hall–Kier alpha value is -1.40. The first-order valence-corrected chi connectivity index (χ1v) is 6.35. The molecule has 0 bridgehead atoms. The van der Waals surface area contributed by atoms with Crippen LogP contribution < -0.4 is 11.1 Å². The lowest BCUT2D eigenvalue weighted by atomic mass is 9.93. The average Bonchev–Trinajstić information content (AvgIpc) is 2.73. The van der Waals surface area contributed by atoms with Gasteiger partial charge in [0.15, 0.2) is 5.69 Å². The van der Waals surface area contributed by atoms with Crippen LogP contribution in [0.3, 0.4) is 0 Å². The van der Waals surface area contributed by atoms with Crippen molar-refractivity contribution >= 4 is 5.91 Å². The summed E-state index contributed by atoms with van der Waals surface area (Å²) in [6.45, 7) is 7.42. The molecular formula is C13H24N4O2. The van der Waals surface area contributed by atoms with Crippen molar-refractivity contribution in [2.24, 2.45) is 11.1 Å². The minimum Gasteiger partial charge on any atom is -0.446 e. The lowest BCUT2D eigenvalue weighted by Crippen LogP contribution is -2.40. The quantitative estimate of drug-likeness (QED) is 0.804. The molecule has 3 N–H and O–H groups in total. The molecule has 0 spiro atoms. The maximum atomic E-state index is 11.9. The average molecular weight is 268 g/mol. The van der Waals surface area contributed by atoms with Crippen LogP contribution in [0.15, 0.2) is 10.7 Å². The zero-order chi connectivity index (χ0) is 14.6. The van der Waals surface area contributed by atoms with Gasteiger partial charge in [0.2, 0.25) is 5.89 Å². The van der Waals surface area contributed by atoms with E-state index in [9.17, 15) is 4.79 Å². The Morgan fingerprint density at radius 2 is 2.21 bits per heavy atom. The largest absolute Gasteiger partial charge is 0.446 e. The van der Waals surface area contributed by atoms with E-state index in [0.717, 1.165) is 6.54 Å². The second kappa shape index (κ2) is 6.16. The number of nitrogens with zero attached hydrogens (tertiary/aromatic N) is 2. The summed E-state index contributed by atoms with van der Waals surface area (Å²) in [7, 11) is 4.02. The molecular weight excluding hydrogens is 244 g/mol. The van der Waals surface area contributed by atoms with Crippen molar-refractivity contribution < 1.29 is 9.21 Å². The van der Waals surface area contributed by atoms with Gasteiger partial charge in [0.25, 0.3) is 5.91 Å². The lowest BCUT2D eigenvalue weighted by molar-refractivity contribution is 0.0924. The molecule has 6 heteroatoms. The zero-order valence-corrected chi connectivity index (χ0v) is 12.4. The topological polar surface area (TPSA) is 84.4 Å². The number of carbonyl (C=O) groups is 1. The fraction of sp³-hybridized carbons (Fsp3) is 0.692. The Morgan fingerprint density at radius 3 is 2.68 bits per heavy atom. The molecule has 1 aromatic rings. The van der Waals surface area contributed by atoms with Crippen molar-refractivity contribution in [3.8, 4) is 0 Å². The molecule has 19 heavy (non-hydrogen) atoms. The first-order chi connectivity index (χ1) is 8.71. The van der Waals surface area contributed by atoms with E-state index in [1.165, 1.54) is 6.26 Å². The van der Waals surface area contributed by atoms with Crippen LogP contribution in [-0.2, 0) is 0 Å². The minimum atomic E-state index is -0.313. The SMILES string of the molecule is CC(N)c1nc(C(=O)NCC(C)(C)CN(C)C)co1. The molecule has 0 radical (unpaired) electrons. The van der Waals surface area contributed by atoms with Gasteiger partial charge >= 0.3 is 0 Å². The molecule has 1 rings (SSSR count). The zero-order valence-electron chi connectivity index (χ0n) is 12.4. The number of hydrogen-bond acceptors (Lipinski definition) is 5. The van der Waals surface area contributed by atoms with Crippen LogP contribution >= 0.6 is 0 Å². The van der Waals surface area contributed by atoms with Crippen LogP contribution in [0, 0.1) is 5.41 Å². The molecule has 1 amide bonds. The molecule has 0 aliphatic carbocycles. The highest BCUT2D eigenvalue weighted by Gasteiger charge is 2.21. The molecule has 108 valence electrons. The molecule has 0 aliphatic rings. The molecule has 1 heterocycles. The first-order valence-electron chi connectivity index (χ1n) is 6.35. The number of nitrogens with two attached hydrogens (primary N) is 1. The molecule has 1 aromatic heterocycles. The number of rotatable bonds is 6. The highest BCUT2D eigenvalue weighted by atomic mass is 16.3. The van der Waals surface area contributed by atoms with Crippen LogP contribution in [-0.4, -0.2) is 43.0 Å². The van der Waals surface area contributed by atoms with Crippen molar-refractivity contribution in [1.82, 2.24) is 15.2 Å². The highest BCUT2D eigenvalue weighted by molar-refractivity contribution is 5.91. The molecule has 0 aromatic carbocycles. The normalized spacial score (nSPS) is 13.6. The van der Waals surface area contributed by atoms with Gasteiger partial charge in [-0.2, -0.15) is 0 Å². The Balaban J connectivity index is 2.55. The third-order valence-electron chi connectivity index (χ3n) is 2.62. The Bertz CT molecular complexity index is 424. The Labute approximate surface area is 114 Å². The molecule has 0 saturated carbocycles. The summed E-state index contributed by atoms with van der Waals surface area (Å²) in [5.74, 6) is 0.139. The van der Waals surface area contributed by atoms with Gasteiger partial charge in [0.05, 0.1) is 6.04 Å². The van der Waals surface area contributed by atoms with Crippen LogP contribution in [0.4, 0.5) is 0 Å². The lowest BCUT2D eigenvalue weighted by Gasteiger charge is -2.28. The van der Waals surface area contributed by atoms with Crippen molar-refractivity contribution in [1.29, 1.82) is 0 Å². The van der Waals surface area contributed by atoms with Gasteiger partial charge in [-0.25, -0.2) is 4.98 Å². The van der Waals surface area contributed by atoms with Gasteiger partial charge in [0.1, 0.15) is 6.26 Å². The fourth-order valence-electron chi connectivity index (χ4n) is 1.92. The smallest absolute Gasteiger partial charge is 0.273 e. The van der Waals surface area contributed by atoms with Gasteiger partial charge in [-0.3, -0.25) is 4.79 Å².